The number of benzene rings is 1. The average Bonchev–Trinajstić information content (AvgIpc) is 2.61. The van der Waals surface area contributed by atoms with Crippen molar-refractivity contribution >= 4 is 11.7 Å². The van der Waals surface area contributed by atoms with Crippen molar-refractivity contribution < 1.29 is 9.53 Å². The highest BCUT2D eigenvalue weighted by atomic mass is 16.5. The van der Waals surface area contributed by atoms with Crippen molar-refractivity contribution in [2.24, 2.45) is 5.92 Å². The summed E-state index contributed by atoms with van der Waals surface area (Å²) >= 11 is 0. The fraction of sp³-hybridized carbons (Fsp3) is 0.389. The molecule has 0 spiro atoms. The van der Waals surface area contributed by atoms with E-state index in [4.69, 9.17) is 10.5 Å². The molecule has 6 nitrogen and oxygen atoms in total. The van der Waals surface area contributed by atoms with Gasteiger partial charge >= 0.3 is 0 Å². The van der Waals surface area contributed by atoms with E-state index in [1.807, 2.05) is 29.2 Å². The first-order valence-corrected chi connectivity index (χ1v) is 8.12. The number of para-hydroxylation sites is 1. The number of piperidine rings is 1. The molecule has 2 aromatic rings. The number of anilines is 1. The van der Waals surface area contributed by atoms with Gasteiger partial charge in [0.1, 0.15) is 5.75 Å². The molecule has 2 heterocycles. The number of likely N-dealkylation sites (tertiary alicyclic amines) is 1. The van der Waals surface area contributed by atoms with E-state index < -0.39 is 0 Å². The van der Waals surface area contributed by atoms with Gasteiger partial charge in [-0.25, -0.2) is 9.97 Å². The lowest BCUT2D eigenvalue weighted by molar-refractivity contribution is 0.0535. The number of hydrogen-bond acceptors (Lipinski definition) is 5. The van der Waals surface area contributed by atoms with Crippen molar-refractivity contribution in [2.75, 3.05) is 19.4 Å². The number of amides is 1. The molecule has 0 radical (unpaired) electrons. The van der Waals surface area contributed by atoms with E-state index >= 15 is 0 Å². The third-order valence-corrected chi connectivity index (χ3v) is 4.51. The zero-order chi connectivity index (χ0) is 17.1. The van der Waals surface area contributed by atoms with Crippen LogP contribution in [0.1, 0.15) is 41.9 Å². The monoisotopic (exact) mass is 326 g/mol. The molecular weight excluding hydrogens is 304 g/mol. The molecule has 2 atom stereocenters. The molecule has 0 saturated carbocycles. The SMILES string of the molecule is COc1ccccc1[C@@H]1CC[C@H](C)CN1C(=O)c1nccnc1N. The van der Waals surface area contributed by atoms with Gasteiger partial charge in [0.25, 0.3) is 5.91 Å². The van der Waals surface area contributed by atoms with E-state index in [2.05, 4.69) is 16.9 Å². The van der Waals surface area contributed by atoms with E-state index in [0.29, 0.717) is 12.5 Å². The highest BCUT2D eigenvalue weighted by molar-refractivity contribution is 5.96. The van der Waals surface area contributed by atoms with Gasteiger partial charge in [0, 0.05) is 24.5 Å². The highest BCUT2D eigenvalue weighted by Crippen LogP contribution is 2.38. The summed E-state index contributed by atoms with van der Waals surface area (Å²) in [4.78, 5) is 23.0. The number of rotatable bonds is 3. The molecule has 126 valence electrons. The molecule has 1 aliphatic heterocycles. The van der Waals surface area contributed by atoms with Gasteiger partial charge in [-0.15, -0.1) is 0 Å². The number of nitrogens with zero attached hydrogens (tertiary/aromatic N) is 3. The van der Waals surface area contributed by atoms with Gasteiger partial charge < -0.3 is 15.4 Å². The van der Waals surface area contributed by atoms with Gasteiger partial charge in [0.05, 0.1) is 13.2 Å². The molecule has 2 N–H and O–H groups in total. The molecule has 1 aromatic carbocycles. The molecule has 1 saturated heterocycles. The number of carbonyl (C=O) groups is 1. The molecule has 1 amide bonds. The molecular formula is C18H22N4O2. The summed E-state index contributed by atoms with van der Waals surface area (Å²) < 4.78 is 5.49. The molecule has 0 unspecified atom stereocenters. The van der Waals surface area contributed by atoms with Gasteiger partial charge in [-0.1, -0.05) is 25.1 Å². The zero-order valence-corrected chi connectivity index (χ0v) is 14.0. The number of methoxy groups -OCH3 is 1. The fourth-order valence-electron chi connectivity index (χ4n) is 3.29. The zero-order valence-electron chi connectivity index (χ0n) is 14.0. The Bertz CT molecular complexity index is 734. The Morgan fingerprint density at radius 1 is 1.25 bits per heavy atom. The lowest BCUT2D eigenvalue weighted by Gasteiger charge is -2.39. The molecule has 1 fully saturated rings. The normalized spacial score (nSPS) is 20.7. The summed E-state index contributed by atoms with van der Waals surface area (Å²) in [5, 5.41) is 0. The van der Waals surface area contributed by atoms with Crippen LogP contribution in [0.15, 0.2) is 36.7 Å². The molecule has 1 aromatic heterocycles. The molecule has 3 rings (SSSR count). The van der Waals surface area contributed by atoms with Crippen LogP contribution in [0.2, 0.25) is 0 Å². The van der Waals surface area contributed by atoms with Crippen molar-refractivity contribution in [2.45, 2.75) is 25.8 Å². The van der Waals surface area contributed by atoms with E-state index in [0.717, 1.165) is 24.2 Å². The Kier molecular flexibility index (Phi) is 4.64. The number of hydrogen-bond donors (Lipinski definition) is 1. The van der Waals surface area contributed by atoms with Crippen molar-refractivity contribution in [1.82, 2.24) is 14.9 Å². The highest BCUT2D eigenvalue weighted by Gasteiger charge is 2.34. The van der Waals surface area contributed by atoms with Crippen LogP contribution in [0, 0.1) is 5.92 Å². The maximum atomic E-state index is 13.1. The Balaban J connectivity index is 1.99. The summed E-state index contributed by atoms with van der Waals surface area (Å²) in [6, 6.07) is 7.79. The average molecular weight is 326 g/mol. The third-order valence-electron chi connectivity index (χ3n) is 4.51. The van der Waals surface area contributed by atoms with E-state index in [1.165, 1.54) is 12.4 Å². The Labute approximate surface area is 141 Å². The van der Waals surface area contributed by atoms with Crippen molar-refractivity contribution in [3.8, 4) is 5.75 Å². The van der Waals surface area contributed by atoms with Crippen LogP contribution < -0.4 is 10.5 Å². The maximum absolute atomic E-state index is 13.1. The molecule has 24 heavy (non-hydrogen) atoms. The summed E-state index contributed by atoms with van der Waals surface area (Å²) in [6.07, 6.45) is 4.92. The minimum absolute atomic E-state index is 0.0498. The fourth-order valence-corrected chi connectivity index (χ4v) is 3.29. The Hall–Kier alpha value is -2.63. The summed E-state index contributed by atoms with van der Waals surface area (Å²) in [5.74, 6) is 1.21. The predicted molar refractivity (Wildman–Crippen MR) is 91.6 cm³/mol. The Morgan fingerprint density at radius 2 is 2.00 bits per heavy atom. The van der Waals surface area contributed by atoms with Crippen LogP contribution in [-0.2, 0) is 0 Å². The first-order chi connectivity index (χ1) is 11.6. The number of carbonyl (C=O) groups excluding carboxylic acids is 1. The number of aromatic nitrogens is 2. The van der Waals surface area contributed by atoms with Gasteiger partial charge in [-0.05, 0) is 24.8 Å². The lowest BCUT2D eigenvalue weighted by Crippen LogP contribution is -2.42. The second-order valence-corrected chi connectivity index (χ2v) is 6.19. The van der Waals surface area contributed by atoms with Crippen LogP contribution in [0.5, 0.6) is 5.75 Å². The lowest BCUT2D eigenvalue weighted by atomic mass is 9.89. The second-order valence-electron chi connectivity index (χ2n) is 6.19. The topological polar surface area (TPSA) is 81.3 Å². The molecule has 0 aliphatic carbocycles. The number of nitrogens with two attached hydrogens (primary N) is 1. The molecule has 6 heteroatoms. The van der Waals surface area contributed by atoms with Crippen molar-refractivity contribution in [3.05, 3.63) is 47.9 Å². The largest absolute Gasteiger partial charge is 0.496 e. The van der Waals surface area contributed by atoms with Crippen LogP contribution in [-0.4, -0.2) is 34.4 Å². The standard InChI is InChI=1S/C18H22N4O2/c1-12-7-8-14(13-5-3-4-6-15(13)24-2)22(11-12)18(23)16-17(19)21-10-9-20-16/h3-6,9-10,12,14H,7-8,11H2,1-2H3,(H2,19,21)/t12-,14-/m0/s1. The van der Waals surface area contributed by atoms with Gasteiger partial charge in [0.2, 0.25) is 0 Å². The predicted octanol–water partition coefficient (Wildman–Crippen LogP) is 2.68. The van der Waals surface area contributed by atoms with Crippen LogP contribution in [0.4, 0.5) is 5.82 Å². The van der Waals surface area contributed by atoms with Gasteiger partial charge in [-0.2, -0.15) is 0 Å². The molecule has 1 aliphatic rings. The van der Waals surface area contributed by atoms with Crippen molar-refractivity contribution in [1.29, 1.82) is 0 Å². The summed E-state index contributed by atoms with van der Waals surface area (Å²) in [5.41, 5.74) is 7.09. The van der Waals surface area contributed by atoms with Crippen LogP contribution >= 0.6 is 0 Å². The summed E-state index contributed by atoms with van der Waals surface area (Å²) in [7, 11) is 1.65. The number of nitrogen functional groups attached to an aromatic ring is 1. The first kappa shape index (κ1) is 16.2. The van der Waals surface area contributed by atoms with Gasteiger partial charge in [0.15, 0.2) is 11.5 Å². The van der Waals surface area contributed by atoms with Crippen LogP contribution in [0.3, 0.4) is 0 Å². The van der Waals surface area contributed by atoms with Gasteiger partial charge in [-0.3, -0.25) is 4.79 Å². The van der Waals surface area contributed by atoms with Crippen LogP contribution in [0.25, 0.3) is 0 Å². The van der Waals surface area contributed by atoms with E-state index in [1.54, 1.807) is 7.11 Å². The van der Waals surface area contributed by atoms with E-state index in [9.17, 15) is 4.79 Å². The summed E-state index contributed by atoms with van der Waals surface area (Å²) in [6.45, 7) is 2.82. The minimum Gasteiger partial charge on any atom is -0.496 e. The smallest absolute Gasteiger partial charge is 0.276 e. The Morgan fingerprint density at radius 3 is 2.75 bits per heavy atom. The first-order valence-electron chi connectivity index (χ1n) is 8.12. The number of ether oxygens (including phenoxy) is 1. The maximum Gasteiger partial charge on any atom is 0.276 e. The van der Waals surface area contributed by atoms with Crippen molar-refractivity contribution in [3.63, 3.8) is 0 Å². The quantitative estimate of drug-likeness (QED) is 0.938. The second kappa shape index (κ2) is 6.86. The van der Waals surface area contributed by atoms with E-state index in [-0.39, 0.29) is 23.5 Å². The minimum atomic E-state index is -0.178. The molecule has 0 bridgehead atoms. The third kappa shape index (κ3) is 3.04.